The number of aromatic nitrogens is 1. The van der Waals surface area contributed by atoms with Crippen LogP contribution in [0.15, 0.2) is 24.5 Å². The zero-order valence-corrected chi connectivity index (χ0v) is 6.39. The van der Waals surface area contributed by atoms with Crippen LogP contribution in [0.25, 0.3) is 0 Å². The van der Waals surface area contributed by atoms with Gasteiger partial charge >= 0.3 is 0 Å². The molecule has 50 valence electrons. The number of halogens is 1. The molecule has 1 nitrogen and oxygen atoms in total. The third-order valence-corrected chi connectivity index (χ3v) is 0.849. The van der Waals surface area contributed by atoms with Crippen molar-refractivity contribution < 1.29 is 0 Å². The predicted octanol–water partition coefficient (Wildman–Crippen LogP) is 2.76. The molecule has 0 N–H and O–H groups in total. The van der Waals surface area contributed by atoms with Gasteiger partial charge in [0.15, 0.2) is 0 Å². The van der Waals surface area contributed by atoms with Gasteiger partial charge in [-0.1, -0.05) is 25.4 Å². The second kappa shape index (κ2) is 5.57. The molecule has 0 saturated carbocycles. The highest BCUT2D eigenvalue weighted by Gasteiger charge is 1.76. The van der Waals surface area contributed by atoms with Crippen molar-refractivity contribution in [3.8, 4) is 0 Å². The molecular formula is C7H10ClN. The number of nitrogens with zero attached hydrogens (tertiary/aromatic N) is 1. The highest BCUT2D eigenvalue weighted by Crippen LogP contribution is 2.00. The third-order valence-electron chi connectivity index (χ3n) is 0.625. The first-order valence-corrected chi connectivity index (χ1v) is 3.33. The molecule has 0 aromatic carbocycles. The normalized spacial score (nSPS) is 7.44. The van der Waals surface area contributed by atoms with E-state index in [-0.39, 0.29) is 0 Å². The van der Waals surface area contributed by atoms with Crippen LogP contribution in [0.5, 0.6) is 0 Å². The Kier molecular flexibility index (Phi) is 5.23. The van der Waals surface area contributed by atoms with Crippen LogP contribution in [-0.2, 0) is 0 Å². The third kappa shape index (κ3) is 3.98. The Morgan fingerprint density at radius 1 is 1.44 bits per heavy atom. The molecule has 1 aromatic heterocycles. The molecule has 0 aliphatic carbocycles. The van der Waals surface area contributed by atoms with E-state index in [0.717, 1.165) is 0 Å². The summed E-state index contributed by atoms with van der Waals surface area (Å²) in [4.78, 5) is 3.75. The average Bonchev–Trinajstić information content (AvgIpc) is 1.94. The summed E-state index contributed by atoms with van der Waals surface area (Å²) < 4.78 is 0. The minimum absolute atomic E-state index is 0.683. The van der Waals surface area contributed by atoms with Gasteiger partial charge in [-0.05, 0) is 12.1 Å². The maximum atomic E-state index is 5.48. The summed E-state index contributed by atoms with van der Waals surface area (Å²) in [5.74, 6) is 0. The first-order valence-electron chi connectivity index (χ1n) is 2.95. The van der Waals surface area contributed by atoms with Gasteiger partial charge < -0.3 is 0 Å². The van der Waals surface area contributed by atoms with Crippen molar-refractivity contribution in [1.82, 2.24) is 4.98 Å². The van der Waals surface area contributed by atoms with Crippen molar-refractivity contribution in [2.75, 3.05) is 0 Å². The van der Waals surface area contributed by atoms with Crippen LogP contribution in [-0.4, -0.2) is 4.98 Å². The molecule has 1 heterocycles. The number of hydrogen-bond acceptors (Lipinski definition) is 1. The molecule has 0 bridgehead atoms. The maximum absolute atomic E-state index is 5.48. The van der Waals surface area contributed by atoms with Crippen LogP contribution in [0.4, 0.5) is 0 Å². The number of hydrogen-bond donors (Lipinski definition) is 0. The summed E-state index contributed by atoms with van der Waals surface area (Å²) in [6, 6.07) is 3.58. The van der Waals surface area contributed by atoms with E-state index >= 15 is 0 Å². The quantitative estimate of drug-likeness (QED) is 0.544. The summed E-state index contributed by atoms with van der Waals surface area (Å²) in [6.07, 6.45) is 3.29. The van der Waals surface area contributed by atoms with Crippen LogP contribution in [0, 0.1) is 0 Å². The van der Waals surface area contributed by atoms with Gasteiger partial charge in [0.1, 0.15) is 0 Å². The molecule has 0 spiro atoms. The fraction of sp³-hybridized carbons (Fsp3) is 0.286. The van der Waals surface area contributed by atoms with Crippen LogP contribution >= 0.6 is 11.6 Å². The molecule has 1 rings (SSSR count). The molecule has 0 unspecified atom stereocenters. The Balaban J connectivity index is 0.000000291. The lowest BCUT2D eigenvalue weighted by Gasteiger charge is -1.79. The van der Waals surface area contributed by atoms with Crippen molar-refractivity contribution in [2.24, 2.45) is 0 Å². The summed E-state index contributed by atoms with van der Waals surface area (Å²) in [6.45, 7) is 4.00. The van der Waals surface area contributed by atoms with E-state index in [1.165, 1.54) is 0 Å². The zero-order chi connectivity index (χ0) is 7.11. The Labute approximate surface area is 60.7 Å². The lowest BCUT2D eigenvalue weighted by molar-refractivity contribution is 1.33. The Morgan fingerprint density at radius 3 is 2.33 bits per heavy atom. The van der Waals surface area contributed by atoms with Crippen molar-refractivity contribution in [1.29, 1.82) is 0 Å². The number of rotatable bonds is 0. The fourth-order valence-electron chi connectivity index (χ4n) is 0.342. The summed E-state index contributed by atoms with van der Waals surface area (Å²) in [5.41, 5.74) is 0. The van der Waals surface area contributed by atoms with E-state index < -0.39 is 0 Å². The minimum atomic E-state index is 0.683. The fourth-order valence-corrected chi connectivity index (χ4v) is 0.471. The molecule has 0 amide bonds. The van der Waals surface area contributed by atoms with E-state index in [1.807, 2.05) is 13.8 Å². The lowest BCUT2D eigenvalue weighted by Crippen LogP contribution is -1.64. The smallest absolute Gasteiger partial charge is 0.0589 e. The highest BCUT2D eigenvalue weighted by atomic mass is 35.5. The molecule has 0 saturated heterocycles. The second-order valence-corrected chi connectivity index (χ2v) is 1.61. The molecule has 9 heavy (non-hydrogen) atoms. The molecule has 0 fully saturated rings. The molecule has 1 aromatic rings. The van der Waals surface area contributed by atoms with Gasteiger partial charge in [0, 0.05) is 12.4 Å². The monoisotopic (exact) mass is 143 g/mol. The van der Waals surface area contributed by atoms with E-state index in [1.54, 1.807) is 24.5 Å². The highest BCUT2D eigenvalue weighted by molar-refractivity contribution is 6.30. The molecular weight excluding hydrogens is 134 g/mol. The van der Waals surface area contributed by atoms with Gasteiger partial charge in [0.05, 0.1) is 5.02 Å². The topological polar surface area (TPSA) is 12.9 Å². The van der Waals surface area contributed by atoms with Crippen LogP contribution in [0.2, 0.25) is 5.02 Å². The van der Waals surface area contributed by atoms with E-state index in [2.05, 4.69) is 4.98 Å². The van der Waals surface area contributed by atoms with Gasteiger partial charge in [-0.15, -0.1) is 0 Å². The molecule has 0 aliphatic rings. The molecule has 0 radical (unpaired) electrons. The van der Waals surface area contributed by atoms with E-state index in [0.29, 0.717) is 5.02 Å². The summed E-state index contributed by atoms with van der Waals surface area (Å²) >= 11 is 5.48. The standard InChI is InChI=1S/C5H4ClN.C2H6/c6-5-2-1-3-7-4-5;1-2/h1-4H;1-2H3. The van der Waals surface area contributed by atoms with Crippen molar-refractivity contribution in [3.05, 3.63) is 29.5 Å². The molecule has 0 atom stereocenters. The summed E-state index contributed by atoms with van der Waals surface area (Å²) in [5, 5.41) is 0.683. The number of pyridine rings is 1. The van der Waals surface area contributed by atoms with Gasteiger partial charge in [-0.3, -0.25) is 4.98 Å². The first-order chi connectivity index (χ1) is 4.39. The van der Waals surface area contributed by atoms with Gasteiger partial charge in [-0.25, -0.2) is 0 Å². The summed E-state index contributed by atoms with van der Waals surface area (Å²) in [7, 11) is 0. The van der Waals surface area contributed by atoms with Crippen molar-refractivity contribution in [3.63, 3.8) is 0 Å². The maximum Gasteiger partial charge on any atom is 0.0589 e. The van der Waals surface area contributed by atoms with Crippen LogP contribution in [0.3, 0.4) is 0 Å². The van der Waals surface area contributed by atoms with Gasteiger partial charge in [0.2, 0.25) is 0 Å². The van der Waals surface area contributed by atoms with E-state index in [9.17, 15) is 0 Å². The SMILES string of the molecule is CC.Clc1cccnc1. The minimum Gasteiger partial charge on any atom is -0.263 e. The van der Waals surface area contributed by atoms with Crippen LogP contribution < -0.4 is 0 Å². The Bertz CT molecular complexity index is 139. The molecule has 0 aliphatic heterocycles. The molecule has 2 heteroatoms. The van der Waals surface area contributed by atoms with Crippen molar-refractivity contribution >= 4 is 11.6 Å². The Hall–Kier alpha value is -0.560. The van der Waals surface area contributed by atoms with Gasteiger partial charge in [-0.2, -0.15) is 0 Å². The largest absolute Gasteiger partial charge is 0.263 e. The first kappa shape index (κ1) is 8.44. The second-order valence-electron chi connectivity index (χ2n) is 1.17. The van der Waals surface area contributed by atoms with Crippen LogP contribution in [0.1, 0.15) is 13.8 Å². The predicted molar refractivity (Wildman–Crippen MR) is 40.6 cm³/mol. The zero-order valence-electron chi connectivity index (χ0n) is 5.63. The van der Waals surface area contributed by atoms with Crippen molar-refractivity contribution in [2.45, 2.75) is 13.8 Å². The Morgan fingerprint density at radius 2 is 2.11 bits per heavy atom. The lowest BCUT2D eigenvalue weighted by atomic mass is 10.5. The average molecular weight is 144 g/mol. The van der Waals surface area contributed by atoms with Gasteiger partial charge in [0.25, 0.3) is 0 Å². The van der Waals surface area contributed by atoms with E-state index in [4.69, 9.17) is 11.6 Å².